The van der Waals surface area contributed by atoms with E-state index in [1.54, 1.807) is 19.3 Å². The summed E-state index contributed by atoms with van der Waals surface area (Å²) >= 11 is 0. The van der Waals surface area contributed by atoms with E-state index in [4.69, 9.17) is 8.83 Å². The summed E-state index contributed by atoms with van der Waals surface area (Å²) in [5, 5.41) is 4.06. The van der Waals surface area contributed by atoms with Gasteiger partial charge in [0.1, 0.15) is 23.4 Å². The van der Waals surface area contributed by atoms with Crippen molar-refractivity contribution in [3.8, 4) is 0 Å². The Morgan fingerprint density at radius 2 is 2.20 bits per heavy atom. The molecule has 20 heavy (non-hydrogen) atoms. The van der Waals surface area contributed by atoms with Crippen molar-refractivity contribution in [1.82, 2.24) is 10.3 Å². The highest BCUT2D eigenvalue weighted by Gasteiger charge is 2.12. The number of aromatic nitrogens is 1. The first-order valence-electron chi connectivity index (χ1n) is 6.45. The van der Waals surface area contributed by atoms with E-state index < -0.39 is 0 Å². The summed E-state index contributed by atoms with van der Waals surface area (Å²) in [6.07, 6.45) is 1.63. The Kier molecular flexibility index (Phi) is 3.28. The Balaban J connectivity index is 1.73. The molecule has 1 unspecified atom stereocenters. The number of furan rings is 1. The zero-order valence-corrected chi connectivity index (χ0v) is 11.3. The minimum Gasteiger partial charge on any atom is -0.459 e. The van der Waals surface area contributed by atoms with Gasteiger partial charge in [-0.05, 0) is 31.2 Å². The van der Waals surface area contributed by atoms with Crippen LogP contribution in [0.5, 0.6) is 0 Å². The van der Waals surface area contributed by atoms with Gasteiger partial charge >= 0.3 is 0 Å². The van der Waals surface area contributed by atoms with Crippen LogP contribution in [0.15, 0.2) is 39.4 Å². The Bertz CT molecular complexity index is 732. The van der Waals surface area contributed by atoms with Crippen molar-refractivity contribution in [3.63, 3.8) is 0 Å². The number of rotatable bonds is 4. The van der Waals surface area contributed by atoms with E-state index in [9.17, 15) is 4.39 Å². The van der Waals surface area contributed by atoms with E-state index in [1.807, 2.05) is 13.0 Å². The van der Waals surface area contributed by atoms with Crippen LogP contribution >= 0.6 is 0 Å². The largest absolute Gasteiger partial charge is 0.459 e. The second-order valence-electron chi connectivity index (χ2n) is 4.79. The fourth-order valence-electron chi connectivity index (χ4n) is 2.10. The molecule has 3 rings (SSSR count). The first-order valence-corrected chi connectivity index (χ1v) is 6.45. The van der Waals surface area contributed by atoms with Gasteiger partial charge in [-0.2, -0.15) is 0 Å². The molecule has 0 bridgehead atoms. The van der Waals surface area contributed by atoms with Crippen LogP contribution in [0.4, 0.5) is 4.39 Å². The molecular weight excluding hydrogens is 259 g/mol. The van der Waals surface area contributed by atoms with Crippen LogP contribution in [0.2, 0.25) is 0 Å². The van der Waals surface area contributed by atoms with Gasteiger partial charge in [-0.15, -0.1) is 0 Å². The summed E-state index contributed by atoms with van der Waals surface area (Å²) < 4.78 is 24.0. The maximum absolute atomic E-state index is 13.1. The van der Waals surface area contributed by atoms with E-state index in [0.29, 0.717) is 18.0 Å². The second kappa shape index (κ2) is 5.09. The number of fused-ring (bicyclic) bond motifs is 1. The Morgan fingerprint density at radius 3 is 2.95 bits per heavy atom. The third-order valence-electron chi connectivity index (χ3n) is 3.18. The van der Waals surface area contributed by atoms with Crippen LogP contribution in [0.25, 0.3) is 11.0 Å². The zero-order chi connectivity index (χ0) is 14.1. The van der Waals surface area contributed by atoms with Crippen molar-refractivity contribution in [2.45, 2.75) is 26.4 Å². The maximum Gasteiger partial charge on any atom is 0.191 e. The molecule has 4 nitrogen and oxygen atoms in total. The molecule has 1 aromatic carbocycles. The predicted molar refractivity (Wildman–Crippen MR) is 72.7 cm³/mol. The predicted octanol–water partition coefficient (Wildman–Crippen LogP) is 3.72. The molecular formula is C15H15FN2O2. The van der Waals surface area contributed by atoms with E-state index >= 15 is 0 Å². The fraction of sp³-hybridized carbons (Fsp3) is 0.267. The highest BCUT2D eigenvalue weighted by molar-refractivity contribution is 5.77. The highest BCUT2D eigenvalue weighted by Crippen LogP contribution is 2.24. The zero-order valence-electron chi connectivity index (χ0n) is 11.3. The maximum atomic E-state index is 13.1. The lowest BCUT2D eigenvalue weighted by atomic mass is 10.2. The number of nitrogens with one attached hydrogen (secondary N) is 1. The molecule has 5 heteroatoms. The number of hydrogen-bond donors (Lipinski definition) is 1. The van der Waals surface area contributed by atoms with Crippen LogP contribution in [0.3, 0.4) is 0 Å². The normalized spacial score (nSPS) is 12.9. The standard InChI is InChI=1S/C15H15FN2O2/c1-9(17-7-13-8-19-10(2)18-13)15-6-11-5-12(16)3-4-14(11)20-15/h3-6,8-9,17H,7H2,1-2H3. The van der Waals surface area contributed by atoms with Crippen LogP contribution in [0, 0.1) is 12.7 Å². The van der Waals surface area contributed by atoms with Gasteiger partial charge in [-0.3, -0.25) is 0 Å². The van der Waals surface area contributed by atoms with Crippen molar-refractivity contribution in [2.24, 2.45) is 0 Å². The summed E-state index contributed by atoms with van der Waals surface area (Å²) in [7, 11) is 0. The monoisotopic (exact) mass is 274 g/mol. The van der Waals surface area contributed by atoms with Gasteiger partial charge in [0.25, 0.3) is 0 Å². The average Bonchev–Trinajstić information content (AvgIpc) is 3.01. The number of hydrogen-bond acceptors (Lipinski definition) is 4. The molecule has 0 aliphatic carbocycles. The molecule has 0 radical (unpaired) electrons. The van der Waals surface area contributed by atoms with Crippen molar-refractivity contribution in [3.05, 3.63) is 53.7 Å². The van der Waals surface area contributed by atoms with Crippen LogP contribution in [-0.2, 0) is 6.54 Å². The lowest BCUT2D eigenvalue weighted by molar-refractivity contribution is 0.448. The number of halogens is 1. The van der Waals surface area contributed by atoms with E-state index in [2.05, 4.69) is 10.3 Å². The number of oxazole rings is 1. The summed E-state index contributed by atoms with van der Waals surface area (Å²) in [6, 6.07) is 6.36. The highest BCUT2D eigenvalue weighted by atomic mass is 19.1. The summed E-state index contributed by atoms with van der Waals surface area (Å²) in [5.74, 6) is 1.16. The van der Waals surface area contributed by atoms with Crippen molar-refractivity contribution in [2.75, 3.05) is 0 Å². The van der Waals surface area contributed by atoms with Gasteiger partial charge in [0, 0.05) is 18.9 Å². The van der Waals surface area contributed by atoms with Gasteiger partial charge in [0.05, 0.1) is 11.7 Å². The lowest BCUT2D eigenvalue weighted by Gasteiger charge is -2.09. The average molecular weight is 274 g/mol. The van der Waals surface area contributed by atoms with Crippen LogP contribution < -0.4 is 5.32 Å². The number of aryl methyl sites for hydroxylation is 1. The lowest BCUT2D eigenvalue weighted by Crippen LogP contribution is -2.17. The molecule has 104 valence electrons. The van der Waals surface area contributed by atoms with E-state index in [-0.39, 0.29) is 11.9 Å². The van der Waals surface area contributed by atoms with Gasteiger partial charge in [-0.25, -0.2) is 9.37 Å². The van der Waals surface area contributed by atoms with Gasteiger partial charge in [0.2, 0.25) is 0 Å². The molecule has 1 N–H and O–H groups in total. The minimum atomic E-state index is -0.261. The van der Waals surface area contributed by atoms with Crippen molar-refractivity contribution < 1.29 is 13.2 Å². The Hall–Kier alpha value is -2.14. The molecule has 0 spiro atoms. The summed E-state index contributed by atoms with van der Waals surface area (Å²) in [4.78, 5) is 4.22. The Morgan fingerprint density at radius 1 is 1.35 bits per heavy atom. The van der Waals surface area contributed by atoms with Gasteiger partial charge in [-0.1, -0.05) is 0 Å². The first-order chi connectivity index (χ1) is 9.61. The quantitative estimate of drug-likeness (QED) is 0.787. The third kappa shape index (κ3) is 2.58. The smallest absolute Gasteiger partial charge is 0.191 e. The molecule has 2 heterocycles. The molecule has 0 amide bonds. The van der Waals surface area contributed by atoms with Crippen LogP contribution in [0.1, 0.15) is 30.3 Å². The fourth-order valence-corrected chi connectivity index (χ4v) is 2.10. The number of benzene rings is 1. The molecule has 0 saturated carbocycles. The molecule has 0 fully saturated rings. The second-order valence-corrected chi connectivity index (χ2v) is 4.79. The molecule has 3 aromatic rings. The third-order valence-corrected chi connectivity index (χ3v) is 3.18. The van der Waals surface area contributed by atoms with E-state index in [0.717, 1.165) is 16.8 Å². The minimum absolute atomic E-state index is 0.00228. The van der Waals surface area contributed by atoms with Gasteiger partial charge in [0.15, 0.2) is 5.89 Å². The Labute approximate surface area is 115 Å². The summed E-state index contributed by atoms with van der Waals surface area (Å²) in [5.41, 5.74) is 1.53. The molecule has 0 aliphatic rings. The van der Waals surface area contributed by atoms with E-state index in [1.165, 1.54) is 12.1 Å². The molecule has 2 aromatic heterocycles. The van der Waals surface area contributed by atoms with Gasteiger partial charge < -0.3 is 14.2 Å². The summed E-state index contributed by atoms with van der Waals surface area (Å²) in [6.45, 7) is 4.38. The topological polar surface area (TPSA) is 51.2 Å². The van der Waals surface area contributed by atoms with Crippen molar-refractivity contribution >= 4 is 11.0 Å². The molecule has 0 saturated heterocycles. The van der Waals surface area contributed by atoms with Crippen LogP contribution in [-0.4, -0.2) is 4.98 Å². The SMILES string of the molecule is Cc1nc(CNC(C)c2cc3cc(F)ccc3o2)co1. The number of nitrogens with zero attached hydrogens (tertiary/aromatic N) is 1. The molecule has 0 aliphatic heterocycles. The first kappa shape index (κ1) is 12.9. The van der Waals surface area contributed by atoms with Crippen molar-refractivity contribution in [1.29, 1.82) is 0 Å². The molecule has 1 atom stereocenters.